The Bertz CT molecular complexity index is 648. The van der Waals surface area contributed by atoms with Crippen LogP contribution < -0.4 is 5.73 Å². The third-order valence-electron chi connectivity index (χ3n) is 3.06. The van der Waals surface area contributed by atoms with E-state index < -0.39 is 11.9 Å². The molecule has 0 radical (unpaired) electrons. The summed E-state index contributed by atoms with van der Waals surface area (Å²) in [4.78, 5) is 23.2. The predicted molar refractivity (Wildman–Crippen MR) is 91.7 cm³/mol. The second-order valence-electron chi connectivity index (χ2n) is 5.62. The first-order valence-electron chi connectivity index (χ1n) is 7.51. The summed E-state index contributed by atoms with van der Waals surface area (Å²) in [5, 5.41) is 9.00. The molecule has 0 aromatic heterocycles. The third-order valence-corrected chi connectivity index (χ3v) is 3.06. The Labute approximate surface area is 137 Å². The van der Waals surface area contributed by atoms with Crippen LogP contribution in [0.1, 0.15) is 48.2 Å². The number of ketones is 1. The van der Waals surface area contributed by atoms with E-state index in [4.69, 9.17) is 10.8 Å². The Morgan fingerprint density at radius 1 is 0.913 bits per heavy atom. The minimum atomic E-state index is -0.899. The Hall–Kier alpha value is -2.46. The van der Waals surface area contributed by atoms with Crippen molar-refractivity contribution in [2.24, 2.45) is 5.73 Å². The van der Waals surface area contributed by atoms with Crippen molar-refractivity contribution in [3.8, 4) is 0 Å². The van der Waals surface area contributed by atoms with Gasteiger partial charge in [0, 0.05) is 11.1 Å². The molecular weight excluding hydrogens is 290 g/mol. The van der Waals surface area contributed by atoms with E-state index in [1.807, 2.05) is 19.9 Å². The van der Waals surface area contributed by atoms with Crippen LogP contribution in [0.15, 0.2) is 54.6 Å². The number of carboxylic acid groups (broad SMARTS) is 1. The second-order valence-corrected chi connectivity index (χ2v) is 5.62. The molecule has 4 nitrogen and oxygen atoms in total. The maximum Gasteiger partial charge on any atom is 0.310 e. The first-order valence-corrected chi connectivity index (χ1v) is 7.51. The standard InChI is InChI=1S/C16H14O3.C3H9N/c1-11(16(18)19)13-8-5-9-14(10-13)15(17)12-6-3-2-4-7-12;1-3(2)4/h2-11H,1H3,(H,18,19);3H,4H2,1-2H3. The van der Waals surface area contributed by atoms with Crippen LogP contribution in [0.3, 0.4) is 0 Å². The number of hydrogen-bond acceptors (Lipinski definition) is 3. The molecule has 0 aliphatic heterocycles. The van der Waals surface area contributed by atoms with E-state index >= 15 is 0 Å². The van der Waals surface area contributed by atoms with E-state index in [2.05, 4.69) is 0 Å². The number of carbonyl (C=O) groups is 2. The minimum Gasteiger partial charge on any atom is -0.481 e. The first kappa shape index (κ1) is 18.6. The lowest BCUT2D eigenvalue weighted by atomic mass is 9.96. The number of aliphatic carboxylic acids is 1. The highest BCUT2D eigenvalue weighted by Crippen LogP contribution is 2.18. The fourth-order valence-electron chi connectivity index (χ4n) is 1.85. The van der Waals surface area contributed by atoms with Crippen LogP contribution >= 0.6 is 0 Å². The number of nitrogens with two attached hydrogens (primary N) is 1. The number of rotatable bonds is 4. The van der Waals surface area contributed by atoms with Gasteiger partial charge in [0.1, 0.15) is 0 Å². The molecule has 122 valence electrons. The van der Waals surface area contributed by atoms with E-state index in [-0.39, 0.29) is 5.78 Å². The highest BCUT2D eigenvalue weighted by Gasteiger charge is 2.16. The Balaban J connectivity index is 0.000000593. The van der Waals surface area contributed by atoms with Crippen molar-refractivity contribution < 1.29 is 14.7 Å². The zero-order valence-corrected chi connectivity index (χ0v) is 13.7. The molecule has 2 rings (SSSR count). The van der Waals surface area contributed by atoms with Crippen molar-refractivity contribution in [1.82, 2.24) is 0 Å². The lowest BCUT2D eigenvalue weighted by Gasteiger charge is -2.08. The molecule has 23 heavy (non-hydrogen) atoms. The normalized spacial score (nSPS) is 11.3. The minimum absolute atomic E-state index is 0.0972. The average molecular weight is 313 g/mol. The third kappa shape index (κ3) is 6.04. The fraction of sp³-hybridized carbons (Fsp3) is 0.263. The van der Waals surface area contributed by atoms with E-state index in [0.29, 0.717) is 22.7 Å². The van der Waals surface area contributed by atoms with Gasteiger partial charge in [0.25, 0.3) is 0 Å². The molecule has 0 spiro atoms. The van der Waals surface area contributed by atoms with Crippen LogP contribution in [0, 0.1) is 0 Å². The topological polar surface area (TPSA) is 80.4 Å². The van der Waals surface area contributed by atoms with Crippen molar-refractivity contribution >= 4 is 11.8 Å². The summed E-state index contributed by atoms with van der Waals surface area (Å²) in [6.45, 7) is 5.49. The molecule has 0 bridgehead atoms. The van der Waals surface area contributed by atoms with Gasteiger partial charge in [0.15, 0.2) is 5.78 Å². The van der Waals surface area contributed by atoms with Crippen molar-refractivity contribution in [2.45, 2.75) is 32.7 Å². The van der Waals surface area contributed by atoms with Gasteiger partial charge in [-0.05, 0) is 24.6 Å². The summed E-state index contributed by atoms with van der Waals surface area (Å²) in [6.07, 6.45) is 0. The van der Waals surface area contributed by atoms with Crippen molar-refractivity contribution in [3.05, 3.63) is 71.3 Å². The maximum absolute atomic E-state index is 12.2. The molecule has 4 heteroatoms. The molecule has 2 aromatic rings. The van der Waals surface area contributed by atoms with Gasteiger partial charge in [0.05, 0.1) is 5.92 Å². The van der Waals surface area contributed by atoms with Gasteiger partial charge in [0.2, 0.25) is 0 Å². The molecule has 1 unspecified atom stereocenters. The summed E-state index contributed by atoms with van der Waals surface area (Å²) >= 11 is 0. The molecule has 0 aliphatic carbocycles. The number of carbonyl (C=O) groups excluding carboxylic acids is 1. The molecule has 0 heterocycles. The van der Waals surface area contributed by atoms with Crippen LogP contribution in [0.4, 0.5) is 0 Å². The molecule has 0 saturated heterocycles. The summed E-state index contributed by atoms with van der Waals surface area (Å²) in [7, 11) is 0. The van der Waals surface area contributed by atoms with Crippen LogP contribution in [0.2, 0.25) is 0 Å². The summed E-state index contributed by atoms with van der Waals surface area (Å²) in [5.41, 5.74) is 6.86. The van der Waals surface area contributed by atoms with Gasteiger partial charge in [-0.1, -0.05) is 62.4 Å². The first-order chi connectivity index (χ1) is 10.8. The van der Waals surface area contributed by atoms with Crippen molar-refractivity contribution in [1.29, 1.82) is 0 Å². The van der Waals surface area contributed by atoms with Crippen LogP contribution in [-0.2, 0) is 4.79 Å². The van der Waals surface area contributed by atoms with Gasteiger partial charge in [-0.3, -0.25) is 9.59 Å². The van der Waals surface area contributed by atoms with Gasteiger partial charge >= 0.3 is 5.97 Å². The van der Waals surface area contributed by atoms with Gasteiger partial charge in [-0.25, -0.2) is 0 Å². The molecule has 0 fully saturated rings. The van der Waals surface area contributed by atoms with Crippen LogP contribution in [-0.4, -0.2) is 22.9 Å². The Morgan fingerprint density at radius 2 is 1.43 bits per heavy atom. The number of carboxylic acids is 1. The summed E-state index contributed by atoms with van der Waals surface area (Å²) < 4.78 is 0. The van der Waals surface area contributed by atoms with Crippen LogP contribution in [0.5, 0.6) is 0 Å². The smallest absolute Gasteiger partial charge is 0.310 e. The molecule has 3 N–H and O–H groups in total. The zero-order chi connectivity index (χ0) is 17.4. The number of benzene rings is 2. The number of hydrogen-bond donors (Lipinski definition) is 2. The Kier molecular flexibility index (Phi) is 7.16. The molecule has 0 aliphatic rings. The van der Waals surface area contributed by atoms with E-state index in [1.54, 1.807) is 55.5 Å². The predicted octanol–water partition coefficient (Wildman–Crippen LogP) is 3.46. The van der Waals surface area contributed by atoms with Gasteiger partial charge < -0.3 is 10.8 Å². The lowest BCUT2D eigenvalue weighted by molar-refractivity contribution is -0.138. The molecule has 2 aromatic carbocycles. The summed E-state index contributed by atoms with van der Waals surface area (Å²) in [6, 6.07) is 16.1. The monoisotopic (exact) mass is 313 g/mol. The zero-order valence-electron chi connectivity index (χ0n) is 13.7. The highest BCUT2D eigenvalue weighted by molar-refractivity contribution is 6.09. The molecule has 0 saturated carbocycles. The van der Waals surface area contributed by atoms with Crippen molar-refractivity contribution in [3.63, 3.8) is 0 Å². The fourth-order valence-corrected chi connectivity index (χ4v) is 1.85. The highest BCUT2D eigenvalue weighted by atomic mass is 16.4. The Morgan fingerprint density at radius 3 is 1.96 bits per heavy atom. The quantitative estimate of drug-likeness (QED) is 0.847. The van der Waals surface area contributed by atoms with Crippen molar-refractivity contribution in [2.75, 3.05) is 0 Å². The van der Waals surface area contributed by atoms with E-state index in [1.165, 1.54) is 0 Å². The van der Waals surface area contributed by atoms with Gasteiger partial charge in [-0.2, -0.15) is 0 Å². The average Bonchev–Trinajstić information content (AvgIpc) is 2.53. The lowest BCUT2D eigenvalue weighted by Crippen LogP contribution is -2.09. The van der Waals surface area contributed by atoms with Crippen LogP contribution in [0.25, 0.3) is 0 Å². The summed E-state index contributed by atoms with van der Waals surface area (Å²) in [5.74, 6) is -1.62. The SMILES string of the molecule is CC(C(=O)O)c1cccc(C(=O)c2ccccc2)c1.CC(C)N. The largest absolute Gasteiger partial charge is 0.481 e. The van der Waals surface area contributed by atoms with Gasteiger partial charge in [-0.15, -0.1) is 0 Å². The molecule has 0 amide bonds. The second kappa shape index (κ2) is 8.86. The van der Waals surface area contributed by atoms with E-state index in [0.717, 1.165) is 0 Å². The molecular formula is C19H23NO3. The van der Waals surface area contributed by atoms with E-state index in [9.17, 15) is 9.59 Å². The molecule has 1 atom stereocenters. The maximum atomic E-state index is 12.2.